The number of carbonyl (C=O) groups is 2. The minimum atomic E-state index is -0.446. The predicted molar refractivity (Wildman–Crippen MR) is 107 cm³/mol. The maximum Gasteiger partial charge on any atom is 0.282 e. The van der Waals surface area contributed by atoms with Gasteiger partial charge in [-0.25, -0.2) is 9.29 Å². The first-order valence-electron chi connectivity index (χ1n) is 8.83. The van der Waals surface area contributed by atoms with Crippen LogP contribution in [0.2, 0.25) is 0 Å². The second-order valence-corrected chi connectivity index (χ2v) is 6.48. The van der Waals surface area contributed by atoms with E-state index >= 15 is 0 Å². The molecule has 0 bridgehead atoms. The van der Waals surface area contributed by atoms with Crippen molar-refractivity contribution in [2.24, 2.45) is 0 Å². The summed E-state index contributed by atoms with van der Waals surface area (Å²) in [6.07, 6.45) is 0. The monoisotopic (exact) mass is 372 g/mol. The zero-order valence-electron chi connectivity index (χ0n) is 15.1. The standard InChI is InChI=1S/C23H17FN2O2/c1-15-7-5-6-10-19(15)25-21-20(16-11-13-17(24)14-12-16)22(27)26(23(21)28)18-8-3-2-4-9-18/h2-14,25H,1H3. The molecule has 28 heavy (non-hydrogen) atoms. The summed E-state index contributed by atoms with van der Waals surface area (Å²) in [5.74, 6) is -1.30. The van der Waals surface area contributed by atoms with Crippen molar-refractivity contribution in [1.29, 1.82) is 0 Å². The van der Waals surface area contributed by atoms with Gasteiger partial charge >= 0.3 is 0 Å². The topological polar surface area (TPSA) is 49.4 Å². The van der Waals surface area contributed by atoms with Gasteiger partial charge in [-0.05, 0) is 48.4 Å². The maximum absolute atomic E-state index is 13.4. The lowest BCUT2D eigenvalue weighted by Gasteiger charge is -2.15. The second-order valence-electron chi connectivity index (χ2n) is 6.48. The van der Waals surface area contributed by atoms with Gasteiger partial charge < -0.3 is 5.32 Å². The van der Waals surface area contributed by atoms with Crippen LogP contribution in [-0.4, -0.2) is 11.8 Å². The molecule has 2 amide bonds. The Morgan fingerprint density at radius 2 is 1.43 bits per heavy atom. The maximum atomic E-state index is 13.4. The third-order valence-corrected chi connectivity index (χ3v) is 4.64. The number of anilines is 2. The Kier molecular flexibility index (Phi) is 4.49. The van der Waals surface area contributed by atoms with Crippen molar-refractivity contribution >= 4 is 28.8 Å². The molecule has 0 saturated heterocycles. The van der Waals surface area contributed by atoms with Crippen molar-refractivity contribution in [3.63, 3.8) is 0 Å². The van der Waals surface area contributed by atoms with Crippen LogP contribution in [0, 0.1) is 12.7 Å². The van der Waals surface area contributed by atoms with E-state index in [0.717, 1.165) is 16.2 Å². The van der Waals surface area contributed by atoms with Gasteiger partial charge in [0.15, 0.2) is 0 Å². The van der Waals surface area contributed by atoms with Crippen molar-refractivity contribution in [2.45, 2.75) is 6.92 Å². The molecule has 1 heterocycles. The molecule has 138 valence electrons. The average molecular weight is 372 g/mol. The van der Waals surface area contributed by atoms with Crippen LogP contribution in [0.4, 0.5) is 15.8 Å². The number of rotatable bonds is 4. The molecule has 0 aromatic heterocycles. The molecule has 4 rings (SSSR count). The lowest BCUT2D eigenvalue weighted by molar-refractivity contribution is -0.120. The van der Waals surface area contributed by atoms with Gasteiger partial charge in [-0.1, -0.05) is 48.5 Å². The summed E-state index contributed by atoms with van der Waals surface area (Å²) in [4.78, 5) is 27.5. The lowest BCUT2D eigenvalue weighted by Crippen LogP contribution is -2.32. The van der Waals surface area contributed by atoms with Gasteiger partial charge in [-0.2, -0.15) is 0 Å². The van der Waals surface area contributed by atoms with Crippen LogP contribution < -0.4 is 10.2 Å². The van der Waals surface area contributed by atoms with E-state index in [4.69, 9.17) is 0 Å². The minimum Gasteiger partial charge on any atom is -0.350 e. The smallest absolute Gasteiger partial charge is 0.282 e. The first-order chi connectivity index (χ1) is 13.6. The number of aryl methyl sites for hydroxylation is 1. The van der Waals surface area contributed by atoms with Gasteiger partial charge in [0.2, 0.25) is 0 Å². The normalized spacial score (nSPS) is 14.0. The number of amides is 2. The summed E-state index contributed by atoms with van der Waals surface area (Å²) in [5.41, 5.74) is 3.03. The summed E-state index contributed by atoms with van der Waals surface area (Å²) in [7, 11) is 0. The SMILES string of the molecule is Cc1ccccc1NC1=C(c2ccc(F)cc2)C(=O)N(c2ccccc2)C1=O. The van der Waals surface area contributed by atoms with Crippen molar-refractivity contribution < 1.29 is 14.0 Å². The third kappa shape index (κ3) is 3.07. The van der Waals surface area contributed by atoms with E-state index in [1.54, 1.807) is 24.3 Å². The number of nitrogens with zero attached hydrogens (tertiary/aromatic N) is 1. The van der Waals surface area contributed by atoms with E-state index in [2.05, 4.69) is 5.32 Å². The van der Waals surface area contributed by atoms with Crippen LogP contribution >= 0.6 is 0 Å². The van der Waals surface area contributed by atoms with E-state index in [0.29, 0.717) is 11.3 Å². The molecule has 0 spiro atoms. The second kappa shape index (κ2) is 7.12. The summed E-state index contributed by atoms with van der Waals surface area (Å²) < 4.78 is 13.4. The highest BCUT2D eigenvalue weighted by molar-refractivity contribution is 6.46. The van der Waals surface area contributed by atoms with Gasteiger partial charge in [0.25, 0.3) is 11.8 Å². The first kappa shape index (κ1) is 17.7. The average Bonchev–Trinajstić information content (AvgIpc) is 2.95. The quantitative estimate of drug-likeness (QED) is 0.685. The van der Waals surface area contributed by atoms with Crippen LogP contribution in [-0.2, 0) is 9.59 Å². The van der Waals surface area contributed by atoms with Gasteiger partial charge in [0, 0.05) is 5.69 Å². The number of hydrogen-bond acceptors (Lipinski definition) is 3. The summed E-state index contributed by atoms with van der Waals surface area (Å²) in [6.45, 7) is 1.91. The Balaban J connectivity index is 1.84. The summed E-state index contributed by atoms with van der Waals surface area (Å²) >= 11 is 0. The molecule has 0 radical (unpaired) electrons. The fourth-order valence-corrected chi connectivity index (χ4v) is 3.19. The molecule has 1 aliphatic heterocycles. The van der Waals surface area contributed by atoms with Crippen molar-refractivity contribution in [3.05, 3.63) is 102 Å². The molecular formula is C23H17FN2O2. The van der Waals surface area contributed by atoms with Crippen LogP contribution in [0.1, 0.15) is 11.1 Å². The van der Waals surface area contributed by atoms with E-state index in [9.17, 15) is 14.0 Å². The van der Waals surface area contributed by atoms with Gasteiger partial charge in [0.05, 0.1) is 11.3 Å². The molecule has 5 heteroatoms. The van der Waals surface area contributed by atoms with Crippen LogP contribution in [0.15, 0.2) is 84.6 Å². The molecule has 4 nitrogen and oxygen atoms in total. The molecule has 0 atom stereocenters. The van der Waals surface area contributed by atoms with Crippen LogP contribution in [0.25, 0.3) is 5.57 Å². The number of carbonyl (C=O) groups excluding carboxylic acids is 2. The Bertz CT molecular complexity index is 1090. The van der Waals surface area contributed by atoms with Crippen molar-refractivity contribution in [2.75, 3.05) is 10.2 Å². The lowest BCUT2D eigenvalue weighted by atomic mass is 10.0. The van der Waals surface area contributed by atoms with Crippen LogP contribution in [0.3, 0.4) is 0 Å². The number of hydrogen-bond donors (Lipinski definition) is 1. The largest absolute Gasteiger partial charge is 0.350 e. The Hall–Kier alpha value is -3.73. The fraction of sp³-hybridized carbons (Fsp3) is 0.0435. The Morgan fingerprint density at radius 1 is 0.786 bits per heavy atom. The molecule has 0 unspecified atom stereocenters. The fourth-order valence-electron chi connectivity index (χ4n) is 3.19. The predicted octanol–water partition coefficient (Wildman–Crippen LogP) is 4.53. The summed E-state index contributed by atoms with van der Waals surface area (Å²) in [5, 5.41) is 3.13. The highest BCUT2D eigenvalue weighted by Crippen LogP contribution is 2.34. The minimum absolute atomic E-state index is 0.176. The van der Waals surface area contributed by atoms with Crippen LogP contribution in [0.5, 0.6) is 0 Å². The number of halogens is 1. The molecule has 3 aromatic carbocycles. The highest BCUT2D eigenvalue weighted by Gasteiger charge is 2.40. The van der Waals surface area contributed by atoms with Gasteiger partial charge in [-0.3, -0.25) is 9.59 Å². The van der Waals surface area contributed by atoms with E-state index in [1.165, 1.54) is 24.3 Å². The molecule has 0 aliphatic carbocycles. The number of para-hydroxylation sites is 2. The number of imide groups is 1. The van der Waals surface area contributed by atoms with Crippen molar-refractivity contribution in [1.82, 2.24) is 0 Å². The van der Waals surface area contributed by atoms with E-state index in [1.807, 2.05) is 37.3 Å². The zero-order valence-corrected chi connectivity index (χ0v) is 15.1. The molecule has 1 aliphatic rings. The van der Waals surface area contributed by atoms with Gasteiger partial charge in [-0.15, -0.1) is 0 Å². The highest BCUT2D eigenvalue weighted by atomic mass is 19.1. The molecule has 3 aromatic rings. The first-order valence-corrected chi connectivity index (χ1v) is 8.83. The Labute approximate surface area is 161 Å². The molecule has 0 fully saturated rings. The zero-order chi connectivity index (χ0) is 19.7. The third-order valence-electron chi connectivity index (χ3n) is 4.64. The Morgan fingerprint density at radius 3 is 2.11 bits per heavy atom. The summed E-state index contributed by atoms with van der Waals surface area (Å²) in [6, 6.07) is 21.8. The van der Waals surface area contributed by atoms with E-state index < -0.39 is 17.6 Å². The molecule has 1 N–H and O–H groups in total. The molecule has 0 saturated carbocycles. The number of benzene rings is 3. The van der Waals surface area contributed by atoms with Crippen molar-refractivity contribution in [3.8, 4) is 0 Å². The van der Waals surface area contributed by atoms with Gasteiger partial charge in [0.1, 0.15) is 11.5 Å². The number of nitrogens with one attached hydrogen (secondary N) is 1. The van der Waals surface area contributed by atoms with E-state index in [-0.39, 0.29) is 11.3 Å². The molecular weight excluding hydrogens is 355 g/mol.